The summed E-state index contributed by atoms with van der Waals surface area (Å²) < 4.78 is 10.5. The number of likely N-dealkylation sites (N-methyl/N-ethyl adjacent to an activating group) is 1. The van der Waals surface area contributed by atoms with Crippen LogP contribution in [-0.4, -0.2) is 37.2 Å². The molecule has 0 aliphatic heterocycles. The highest BCUT2D eigenvalue weighted by Gasteiger charge is 2.07. The molecule has 0 fully saturated rings. The van der Waals surface area contributed by atoms with E-state index in [0.717, 1.165) is 6.08 Å². The van der Waals surface area contributed by atoms with Gasteiger partial charge in [-0.15, -0.1) is 0 Å². The number of carbonyl (C=O) groups excluding carboxylic acids is 1. The molecule has 1 rings (SSSR count). The lowest BCUT2D eigenvalue weighted by atomic mass is 10.1. The van der Waals surface area contributed by atoms with Crippen LogP contribution in [0.3, 0.4) is 0 Å². The third-order valence-electron chi connectivity index (χ3n) is 2.36. The monoisotopic (exact) mass is 279 g/mol. The molecule has 0 aromatic heterocycles. The molecule has 1 aromatic rings. The summed E-state index contributed by atoms with van der Waals surface area (Å²) in [6.07, 6.45) is 2.40. The molecule has 6 heteroatoms. The number of ether oxygens (including phenoxy) is 2. The molecule has 0 saturated carbocycles. The largest absolute Gasteiger partial charge is 0.497 e. The number of rotatable bonds is 7. The minimum Gasteiger partial charge on any atom is -0.497 e. The highest BCUT2D eigenvalue weighted by atomic mass is 16.5. The molecule has 1 aromatic carbocycles. The van der Waals surface area contributed by atoms with Crippen molar-refractivity contribution in [1.29, 1.82) is 0 Å². The molecule has 20 heavy (non-hydrogen) atoms. The average Bonchev–Trinajstić information content (AvgIpc) is 2.43. The number of methoxy groups -OCH3 is 1. The van der Waals surface area contributed by atoms with Gasteiger partial charge in [0.25, 0.3) is 5.91 Å². The van der Waals surface area contributed by atoms with Crippen LogP contribution in [-0.2, 0) is 9.59 Å². The summed E-state index contributed by atoms with van der Waals surface area (Å²) in [6, 6.07) is 4.94. The van der Waals surface area contributed by atoms with E-state index in [2.05, 4.69) is 5.32 Å². The first-order valence-corrected chi connectivity index (χ1v) is 6.05. The van der Waals surface area contributed by atoms with E-state index in [-0.39, 0.29) is 12.5 Å². The van der Waals surface area contributed by atoms with E-state index < -0.39 is 5.97 Å². The first kappa shape index (κ1) is 15.6. The molecule has 0 radical (unpaired) electrons. The molecule has 108 valence electrons. The number of carboxylic acids is 1. The topological polar surface area (TPSA) is 84.9 Å². The third-order valence-corrected chi connectivity index (χ3v) is 2.36. The molecule has 0 atom stereocenters. The fraction of sp³-hybridized carbons (Fsp3) is 0.286. The average molecular weight is 279 g/mol. The Morgan fingerprint density at radius 1 is 1.40 bits per heavy atom. The highest BCUT2D eigenvalue weighted by Crippen LogP contribution is 2.26. The Bertz CT molecular complexity index is 510. The Kier molecular flexibility index (Phi) is 6.09. The predicted octanol–water partition coefficient (Wildman–Crippen LogP) is 1.31. The molecule has 0 heterocycles. The summed E-state index contributed by atoms with van der Waals surface area (Å²) in [5.74, 6) is -0.365. The lowest BCUT2D eigenvalue weighted by Crippen LogP contribution is -2.28. The molecular formula is C14H17NO5. The van der Waals surface area contributed by atoms with Crippen molar-refractivity contribution < 1.29 is 24.2 Å². The molecule has 2 N–H and O–H groups in total. The van der Waals surface area contributed by atoms with E-state index in [4.69, 9.17) is 14.6 Å². The van der Waals surface area contributed by atoms with E-state index in [9.17, 15) is 9.59 Å². The molecule has 0 saturated heterocycles. The maximum absolute atomic E-state index is 11.4. The zero-order chi connectivity index (χ0) is 15.0. The van der Waals surface area contributed by atoms with Crippen molar-refractivity contribution in [2.24, 2.45) is 0 Å². The minimum atomic E-state index is -1.06. The van der Waals surface area contributed by atoms with Gasteiger partial charge in [-0.05, 0) is 25.1 Å². The van der Waals surface area contributed by atoms with Crippen molar-refractivity contribution in [1.82, 2.24) is 5.32 Å². The van der Waals surface area contributed by atoms with E-state index in [1.54, 1.807) is 18.2 Å². The molecule has 1 amide bonds. The van der Waals surface area contributed by atoms with Crippen LogP contribution < -0.4 is 14.8 Å². The van der Waals surface area contributed by atoms with Gasteiger partial charge in [0.1, 0.15) is 11.5 Å². The second-order valence-electron chi connectivity index (χ2n) is 3.82. The standard InChI is InChI=1S/C14H17NO5/c1-3-15-13(16)9-20-12-8-11(19-2)6-4-10(12)5-7-14(17)18/h4-8H,3,9H2,1-2H3,(H,15,16)(H,17,18). The normalized spacial score (nSPS) is 10.3. The summed E-state index contributed by atoms with van der Waals surface area (Å²) in [5, 5.41) is 11.2. The Morgan fingerprint density at radius 3 is 2.75 bits per heavy atom. The van der Waals surface area contributed by atoms with Crippen molar-refractivity contribution in [3.8, 4) is 11.5 Å². The van der Waals surface area contributed by atoms with Crippen LogP contribution in [0.2, 0.25) is 0 Å². The molecule has 0 unspecified atom stereocenters. The van der Waals surface area contributed by atoms with Crippen molar-refractivity contribution >= 4 is 18.0 Å². The van der Waals surface area contributed by atoms with Gasteiger partial charge in [0.2, 0.25) is 0 Å². The third kappa shape index (κ3) is 5.01. The zero-order valence-corrected chi connectivity index (χ0v) is 11.4. The van der Waals surface area contributed by atoms with Gasteiger partial charge in [-0.25, -0.2) is 4.79 Å². The van der Waals surface area contributed by atoms with Crippen LogP contribution in [0, 0.1) is 0 Å². The lowest BCUT2D eigenvalue weighted by Gasteiger charge is -2.10. The molecular weight excluding hydrogens is 262 g/mol. The fourth-order valence-corrected chi connectivity index (χ4v) is 1.46. The minimum absolute atomic E-state index is 0.144. The number of nitrogens with one attached hydrogen (secondary N) is 1. The van der Waals surface area contributed by atoms with Crippen LogP contribution in [0.15, 0.2) is 24.3 Å². The van der Waals surface area contributed by atoms with Crippen LogP contribution in [0.25, 0.3) is 6.08 Å². The molecule has 0 bridgehead atoms. The quantitative estimate of drug-likeness (QED) is 0.735. The summed E-state index contributed by atoms with van der Waals surface area (Å²) >= 11 is 0. The zero-order valence-electron chi connectivity index (χ0n) is 11.4. The van der Waals surface area contributed by atoms with Crippen molar-refractivity contribution in [2.75, 3.05) is 20.3 Å². The van der Waals surface area contributed by atoms with Crippen LogP contribution >= 0.6 is 0 Å². The summed E-state index contributed by atoms with van der Waals surface area (Å²) in [4.78, 5) is 21.9. The number of amides is 1. The van der Waals surface area contributed by atoms with Crippen molar-refractivity contribution in [3.05, 3.63) is 29.8 Å². The molecule has 0 aliphatic carbocycles. The lowest BCUT2D eigenvalue weighted by molar-refractivity contribution is -0.131. The highest BCUT2D eigenvalue weighted by molar-refractivity contribution is 5.86. The van der Waals surface area contributed by atoms with E-state index in [1.165, 1.54) is 13.2 Å². The first-order valence-electron chi connectivity index (χ1n) is 6.05. The van der Waals surface area contributed by atoms with Crippen molar-refractivity contribution in [3.63, 3.8) is 0 Å². The van der Waals surface area contributed by atoms with Gasteiger partial charge in [0.15, 0.2) is 6.61 Å². The Labute approximate surface area is 117 Å². The fourth-order valence-electron chi connectivity index (χ4n) is 1.46. The number of carboxylic acid groups (broad SMARTS) is 1. The van der Waals surface area contributed by atoms with E-state index in [0.29, 0.717) is 23.6 Å². The van der Waals surface area contributed by atoms with Crippen LogP contribution in [0.1, 0.15) is 12.5 Å². The maximum Gasteiger partial charge on any atom is 0.328 e. The van der Waals surface area contributed by atoms with Crippen LogP contribution in [0.4, 0.5) is 0 Å². The number of carbonyl (C=O) groups is 2. The predicted molar refractivity (Wildman–Crippen MR) is 73.8 cm³/mol. The first-order chi connectivity index (χ1) is 9.56. The van der Waals surface area contributed by atoms with Gasteiger partial charge in [-0.1, -0.05) is 0 Å². The number of hydrogen-bond acceptors (Lipinski definition) is 4. The van der Waals surface area contributed by atoms with Crippen molar-refractivity contribution in [2.45, 2.75) is 6.92 Å². The summed E-state index contributed by atoms with van der Waals surface area (Å²) in [6.45, 7) is 2.19. The summed E-state index contributed by atoms with van der Waals surface area (Å²) in [5.41, 5.74) is 0.553. The Balaban J connectivity index is 2.88. The number of hydrogen-bond donors (Lipinski definition) is 2. The van der Waals surface area contributed by atoms with Gasteiger partial charge >= 0.3 is 5.97 Å². The Hall–Kier alpha value is -2.50. The van der Waals surface area contributed by atoms with Gasteiger partial charge in [-0.3, -0.25) is 4.79 Å². The molecule has 0 spiro atoms. The van der Waals surface area contributed by atoms with Gasteiger partial charge in [0, 0.05) is 24.3 Å². The molecule has 0 aliphatic rings. The second kappa shape index (κ2) is 7.83. The maximum atomic E-state index is 11.4. The van der Waals surface area contributed by atoms with Crippen LogP contribution in [0.5, 0.6) is 11.5 Å². The van der Waals surface area contributed by atoms with Gasteiger partial charge in [-0.2, -0.15) is 0 Å². The van der Waals surface area contributed by atoms with Gasteiger partial charge in [0.05, 0.1) is 7.11 Å². The molecule has 6 nitrogen and oxygen atoms in total. The smallest absolute Gasteiger partial charge is 0.328 e. The SMILES string of the molecule is CCNC(=O)COc1cc(OC)ccc1C=CC(=O)O. The Morgan fingerprint density at radius 2 is 2.15 bits per heavy atom. The summed E-state index contributed by atoms with van der Waals surface area (Å²) in [7, 11) is 1.51. The second-order valence-corrected chi connectivity index (χ2v) is 3.82. The number of aliphatic carboxylic acids is 1. The van der Waals surface area contributed by atoms with E-state index in [1.807, 2.05) is 6.92 Å². The van der Waals surface area contributed by atoms with Gasteiger partial charge < -0.3 is 19.9 Å². The number of benzene rings is 1. The van der Waals surface area contributed by atoms with E-state index >= 15 is 0 Å².